The van der Waals surface area contributed by atoms with Gasteiger partial charge in [0.1, 0.15) is 0 Å². The zero-order valence-electron chi connectivity index (χ0n) is 10.3. The van der Waals surface area contributed by atoms with Crippen LogP contribution >= 0.6 is 0 Å². The molecule has 18 heavy (non-hydrogen) atoms. The molecule has 0 aromatic carbocycles. The Labute approximate surface area is 105 Å². The Kier molecular flexibility index (Phi) is 4.14. The number of hydrogen-bond donors (Lipinski definition) is 1. The number of rotatable bonds is 5. The van der Waals surface area contributed by atoms with Crippen molar-refractivity contribution in [2.24, 2.45) is 0 Å². The summed E-state index contributed by atoms with van der Waals surface area (Å²) < 4.78 is 35.8. The fraction of sp³-hybridized carbons (Fsp3) is 0.917. The minimum Gasteiger partial charge on any atom is -0.338 e. The average molecular weight is 264 g/mol. The summed E-state index contributed by atoms with van der Waals surface area (Å²) in [4.78, 5) is 13.5. The second-order valence-corrected chi connectivity index (χ2v) is 5.13. The highest BCUT2D eigenvalue weighted by molar-refractivity contribution is 5.80. The normalized spacial score (nSPS) is 27.9. The molecule has 0 aliphatic carbocycles. The van der Waals surface area contributed by atoms with E-state index in [1.807, 2.05) is 4.90 Å². The van der Waals surface area contributed by atoms with Gasteiger partial charge in [0.2, 0.25) is 5.91 Å². The number of fused-ring (bicyclic) bond motifs is 1. The van der Waals surface area contributed by atoms with Crippen molar-refractivity contribution in [2.75, 3.05) is 13.1 Å². The zero-order chi connectivity index (χ0) is 13.2. The lowest BCUT2D eigenvalue weighted by atomic mass is 10.1. The van der Waals surface area contributed by atoms with Crippen LogP contribution < -0.4 is 5.32 Å². The third-order valence-corrected chi connectivity index (χ3v) is 3.77. The van der Waals surface area contributed by atoms with E-state index >= 15 is 0 Å². The molecule has 0 saturated carbocycles. The third-order valence-electron chi connectivity index (χ3n) is 3.77. The van der Waals surface area contributed by atoms with Gasteiger partial charge in [-0.15, -0.1) is 0 Å². The van der Waals surface area contributed by atoms with Gasteiger partial charge in [-0.05, 0) is 32.2 Å². The highest BCUT2D eigenvalue weighted by Crippen LogP contribution is 2.29. The molecule has 3 nitrogen and oxygen atoms in total. The van der Waals surface area contributed by atoms with E-state index in [0.29, 0.717) is 19.4 Å². The largest absolute Gasteiger partial charge is 0.389 e. The first-order valence-corrected chi connectivity index (χ1v) is 6.57. The number of halogens is 3. The SMILES string of the molecule is O=C1CC(NCCCCC(F)(F)F)C2CCCN12. The molecule has 6 heteroatoms. The Morgan fingerprint density at radius 3 is 2.83 bits per heavy atom. The smallest absolute Gasteiger partial charge is 0.338 e. The molecule has 1 N–H and O–H groups in total. The summed E-state index contributed by atoms with van der Waals surface area (Å²) in [7, 11) is 0. The summed E-state index contributed by atoms with van der Waals surface area (Å²) >= 11 is 0. The molecule has 2 aliphatic rings. The van der Waals surface area contributed by atoms with E-state index in [1.54, 1.807) is 0 Å². The molecule has 2 heterocycles. The number of nitrogens with zero attached hydrogens (tertiary/aromatic N) is 1. The number of alkyl halides is 3. The van der Waals surface area contributed by atoms with Crippen molar-refractivity contribution in [3.05, 3.63) is 0 Å². The third kappa shape index (κ3) is 3.37. The minimum absolute atomic E-state index is 0.144. The summed E-state index contributed by atoms with van der Waals surface area (Å²) in [5, 5.41) is 3.24. The molecule has 0 aromatic rings. The maximum Gasteiger partial charge on any atom is 0.389 e. The zero-order valence-corrected chi connectivity index (χ0v) is 10.3. The highest BCUT2D eigenvalue weighted by atomic mass is 19.4. The Bertz CT molecular complexity index is 306. The van der Waals surface area contributed by atoms with Gasteiger partial charge in [-0.2, -0.15) is 13.2 Å². The molecule has 0 spiro atoms. The van der Waals surface area contributed by atoms with Crippen molar-refractivity contribution in [2.45, 2.75) is 56.8 Å². The first-order valence-electron chi connectivity index (χ1n) is 6.57. The molecule has 2 unspecified atom stereocenters. The van der Waals surface area contributed by atoms with E-state index < -0.39 is 12.6 Å². The van der Waals surface area contributed by atoms with Crippen LogP contribution in [0.15, 0.2) is 0 Å². The topological polar surface area (TPSA) is 32.3 Å². The van der Waals surface area contributed by atoms with Gasteiger partial charge in [0.25, 0.3) is 0 Å². The molecular weight excluding hydrogens is 245 g/mol. The first kappa shape index (κ1) is 13.6. The van der Waals surface area contributed by atoms with E-state index in [1.165, 1.54) is 0 Å². The van der Waals surface area contributed by atoms with Gasteiger partial charge in [0.15, 0.2) is 0 Å². The van der Waals surface area contributed by atoms with Crippen LogP contribution in [0.3, 0.4) is 0 Å². The van der Waals surface area contributed by atoms with Crippen molar-refractivity contribution >= 4 is 5.91 Å². The summed E-state index contributed by atoms with van der Waals surface area (Å²) in [5.41, 5.74) is 0. The lowest BCUT2D eigenvalue weighted by Crippen LogP contribution is -2.39. The van der Waals surface area contributed by atoms with E-state index in [9.17, 15) is 18.0 Å². The molecule has 2 rings (SSSR count). The van der Waals surface area contributed by atoms with Crippen LogP contribution in [0.25, 0.3) is 0 Å². The lowest BCUT2D eigenvalue weighted by molar-refractivity contribution is -0.135. The van der Waals surface area contributed by atoms with E-state index in [0.717, 1.165) is 19.4 Å². The number of hydrogen-bond acceptors (Lipinski definition) is 2. The van der Waals surface area contributed by atoms with Gasteiger partial charge < -0.3 is 10.2 Å². The first-order chi connectivity index (χ1) is 8.47. The van der Waals surface area contributed by atoms with Crippen molar-refractivity contribution in [1.82, 2.24) is 10.2 Å². The molecule has 0 radical (unpaired) electrons. The molecule has 2 atom stereocenters. The maximum absolute atomic E-state index is 11.9. The Balaban J connectivity index is 1.64. The lowest BCUT2D eigenvalue weighted by Gasteiger charge is -2.21. The van der Waals surface area contributed by atoms with Gasteiger partial charge in [0, 0.05) is 31.5 Å². The molecule has 2 saturated heterocycles. The summed E-state index contributed by atoms with van der Waals surface area (Å²) in [6, 6.07) is 0.422. The van der Waals surface area contributed by atoms with Crippen molar-refractivity contribution in [3.8, 4) is 0 Å². The van der Waals surface area contributed by atoms with Crippen LogP contribution in [-0.4, -0.2) is 42.2 Å². The average Bonchev–Trinajstić information content (AvgIpc) is 2.82. The Morgan fingerprint density at radius 2 is 2.11 bits per heavy atom. The fourth-order valence-electron chi connectivity index (χ4n) is 2.91. The van der Waals surface area contributed by atoms with Gasteiger partial charge >= 0.3 is 6.18 Å². The van der Waals surface area contributed by atoms with Crippen LogP contribution in [0.1, 0.15) is 38.5 Å². The number of nitrogens with one attached hydrogen (secondary N) is 1. The number of unbranched alkanes of at least 4 members (excludes halogenated alkanes) is 1. The molecule has 104 valence electrons. The van der Waals surface area contributed by atoms with Gasteiger partial charge in [-0.25, -0.2) is 0 Å². The van der Waals surface area contributed by atoms with Crippen LogP contribution in [0.2, 0.25) is 0 Å². The highest BCUT2D eigenvalue weighted by Gasteiger charge is 2.41. The molecule has 2 aliphatic heterocycles. The van der Waals surface area contributed by atoms with Crippen LogP contribution in [0.5, 0.6) is 0 Å². The predicted molar refractivity (Wildman–Crippen MR) is 61.0 cm³/mol. The second-order valence-electron chi connectivity index (χ2n) is 5.13. The molecule has 0 bridgehead atoms. The van der Waals surface area contributed by atoms with Crippen LogP contribution in [-0.2, 0) is 4.79 Å². The number of carbonyl (C=O) groups excluding carboxylic acids is 1. The second kappa shape index (κ2) is 5.47. The fourth-order valence-corrected chi connectivity index (χ4v) is 2.91. The molecule has 2 fully saturated rings. The quantitative estimate of drug-likeness (QED) is 0.771. The van der Waals surface area contributed by atoms with Crippen LogP contribution in [0.4, 0.5) is 13.2 Å². The number of amides is 1. The van der Waals surface area contributed by atoms with Crippen molar-refractivity contribution in [3.63, 3.8) is 0 Å². The number of carbonyl (C=O) groups is 1. The standard InChI is InChI=1S/C12H19F3N2O/c13-12(14,15)5-1-2-6-16-9-8-11(18)17-7-3-4-10(9)17/h9-10,16H,1-8H2. The Hall–Kier alpha value is -0.780. The summed E-state index contributed by atoms with van der Waals surface area (Å²) in [5.74, 6) is 0.185. The monoisotopic (exact) mass is 264 g/mol. The van der Waals surface area contributed by atoms with E-state index in [2.05, 4.69) is 5.32 Å². The van der Waals surface area contributed by atoms with Gasteiger partial charge in [0.05, 0.1) is 0 Å². The Morgan fingerprint density at radius 1 is 1.33 bits per heavy atom. The molecule has 0 aromatic heterocycles. The summed E-state index contributed by atoms with van der Waals surface area (Å²) in [6.45, 7) is 1.41. The van der Waals surface area contributed by atoms with E-state index in [-0.39, 0.29) is 24.4 Å². The minimum atomic E-state index is -4.05. The van der Waals surface area contributed by atoms with Crippen molar-refractivity contribution in [1.29, 1.82) is 0 Å². The summed E-state index contributed by atoms with van der Waals surface area (Å²) in [6.07, 6.45) is -1.53. The predicted octanol–water partition coefficient (Wildman–Crippen LogP) is 2.07. The van der Waals surface area contributed by atoms with Gasteiger partial charge in [-0.3, -0.25) is 4.79 Å². The van der Waals surface area contributed by atoms with E-state index in [4.69, 9.17) is 0 Å². The maximum atomic E-state index is 11.9. The van der Waals surface area contributed by atoms with Gasteiger partial charge in [-0.1, -0.05) is 0 Å². The van der Waals surface area contributed by atoms with Crippen LogP contribution in [0, 0.1) is 0 Å². The van der Waals surface area contributed by atoms with Crippen molar-refractivity contribution < 1.29 is 18.0 Å². The molecule has 1 amide bonds. The molecular formula is C12H19F3N2O.